The fourth-order valence-corrected chi connectivity index (χ4v) is 3.19. The van der Waals surface area contributed by atoms with Gasteiger partial charge in [-0.15, -0.1) is 0 Å². The van der Waals surface area contributed by atoms with Crippen LogP contribution in [0.3, 0.4) is 0 Å². The van der Waals surface area contributed by atoms with Crippen molar-refractivity contribution in [2.24, 2.45) is 0 Å². The molecular weight excluding hydrogens is 406 g/mol. The number of anilines is 1. The smallest absolute Gasteiger partial charge is 0.258 e. The van der Waals surface area contributed by atoms with Crippen LogP contribution in [-0.4, -0.2) is 21.9 Å². The van der Waals surface area contributed by atoms with E-state index < -0.39 is 0 Å². The third-order valence-electron chi connectivity index (χ3n) is 4.80. The third kappa shape index (κ3) is 4.95. The number of nitrogens with one attached hydrogen (secondary N) is 1. The molecule has 32 heavy (non-hydrogen) atoms. The summed E-state index contributed by atoms with van der Waals surface area (Å²) in [4.78, 5) is 29.2. The molecule has 0 saturated heterocycles. The van der Waals surface area contributed by atoms with Gasteiger partial charge in [-0.05, 0) is 80.1 Å². The number of rotatable bonds is 7. The van der Waals surface area contributed by atoms with Crippen LogP contribution in [0.25, 0.3) is 5.65 Å². The fraction of sp³-hybridized carbons (Fsp3) is 0.160. The van der Waals surface area contributed by atoms with Crippen molar-refractivity contribution < 1.29 is 14.3 Å². The zero-order valence-corrected chi connectivity index (χ0v) is 17.9. The minimum Gasteiger partial charge on any atom is -0.494 e. The SMILES string of the molecule is CCOc1ccc(C(=O)Nc2ccc(OCc3cc(=O)n4ccc(C)cc4n3)cc2)cc1. The zero-order chi connectivity index (χ0) is 22.5. The Morgan fingerprint density at radius 3 is 2.38 bits per heavy atom. The van der Waals surface area contributed by atoms with E-state index >= 15 is 0 Å². The van der Waals surface area contributed by atoms with Gasteiger partial charge in [0, 0.05) is 23.5 Å². The first-order valence-electron chi connectivity index (χ1n) is 10.3. The highest BCUT2D eigenvalue weighted by atomic mass is 16.5. The molecule has 0 spiro atoms. The molecule has 0 fully saturated rings. The first-order chi connectivity index (χ1) is 15.5. The molecule has 7 heteroatoms. The molecule has 0 aliphatic heterocycles. The van der Waals surface area contributed by atoms with Crippen molar-refractivity contribution in [2.75, 3.05) is 11.9 Å². The van der Waals surface area contributed by atoms with Gasteiger partial charge in [-0.1, -0.05) is 0 Å². The Kier molecular flexibility index (Phi) is 6.17. The molecule has 2 heterocycles. The van der Waals surface area contributed by atoms with Crippen LogP contribution in [0.15, 0.2) is 77.7 Å². The summed E-state index contributed by atoms with van der Waals surface area (Å²) in [5.74, 6) is 1.12. The quantitative estimate of drug-likeness (QED) is 0.475. The van der Waals surface area contributed by atoms with Crippen molar-refractivity contribution in [1.29, 1.82) is 0 Å². The average molecular weight is 429 g/mol. The van der Waals surface area contributed by atoms with E-state index in [2.05, 4.69) is 10.3 Å². The van der Waals surface area contributed by atoms with Gasteiger partial charge in [-0.2, -0.15) is 0 Å². The summed E-state index contributed by atoms with van der Waals surface area (Å²) >= 11 is 0. The average Bonchev–Trinajstić information content (AvgIpc) is 2.79. The predicted octanol–water partition coefficient (Wildman–Crippen LogP) is 4.23. The van der Waals surface area contributed by atoms with Crippen LogP contribution in [0.1, 0.15) is 28.5 Å². The topological polar surface area (TPSA) is 81.9 Å². The molecule has 0 saturated carbocycles. The van der Waals surface area contributed by atoms with Gasteiger partial charge in [0.05, 0.1) is 12.3 Å². The maximum atomic E-state index is 12.4. The van der Waals surface area contributed by atoms with E-state index in [1.54, 1.807) is 54.7 Å². The Labute approximate surface area is 185 Å². The molecule has 0 bridgehead atoms. The van der Waals surface area contributed by atoms with E-state index in [1.807, 2.05) is 26.0 Å². The number of pyridine rings is 1. The maximum Gasteiger partial charge on any atom is 0.258 e. The molecule has 0 unspecified atom stereocenters. The van der Waals surface area contributed by atoms with Gasteiger partial charge in [0.25, 0.3) is 11.5 Å². The lowest BCUT2D eigenvalue weighted by Crippen LogP contribution is -2.16. The van der Waals surface area contributed by atoms with E-state index in [1.165, 1.54) is 10.5 Å². The number of fused-ring (bicyclic) bond motifs is 1. The van der Waals surface area contributed by atoms with Crippen LogP contribution in [0.4, 0.5) is 5.69 Å². The Morgan fingerprint density at radius 2 is 1.66 bits per heavy atom. The lowest BCUT2D eigenvalue weighted by Gasteiger charge is -2.09. The van der Waals surface area contributed by atoms with E-state index in [0.717, 1.165) is 11.3 Å². The monoisotopic (exact) mass is 429 g/mol. The molecule has 1 N–H and O–H groups in total. The van der Waals surface area contributed by atoms with Crippen LogP contribution in [-0.2, 0) is 6.61 Å². The van der Waals surface area contributed by atoms with Crippen LogP contribution < -0.4 is 20.3 Å². The normalized spacial score (nSPS) is 10.7. The maximum absolute atomic E-state index is 12.4. The van der Waals surface area contributed by atoms with Crippen molar-refractivity contribution in [3.8, 4) is 11.5 Å². The summed E-state index contributed by atoms with van der Waals surface area (Å²) in [5.41, 5.74) is 3.20. The molecule has 7 nitrogen and oxygen atoms in total. The van der Waals surface area contributed by atoms with Gasteiger partial charge < -0.3 is 14.8 Å². The lowest BCUT2D eigenvalue weighted by molar-refractivity contribution is 0.102. The molecule has 162 valence electrons. The molecule has 0 atom stereocenters. The summed E-state index contributed by atoms with van der Waals surface area (Å²) < 4.78 is 12.7. The minimum absolute atomic E-state index is 0.152. The van der Waals surface area contributed by atoms with Crippen LogP contribution >= 0.6 is 0 Å². The van der Waals surface area contributed by atoms with Gasteiger partial charge in [-0.3, -0.25) is 14.0 Å². The number of ether oxygens (including phenoxy) is 2. The van der Waals surface area contributed by atoms with Crippen molar-refractivity contribution in [2.45, 2.75) is 20.5 Å². The molecular formula is C25H23N3O4. The summed E-state index contributed by atoms with van der Waals surface area (Å²) in [6.45, 7) is 4.60. The molecule has 4 rings (SSSR count). The lowest BCUT2D eigenvalue weighted by atomic mass is 10.2. The number of benzene rings is 2. The van der Waals surface area contributed by atoms with Crippen molar-refractivity contribution in [3.05, 3.63) is 100 Å². The van der Waals surface area contributed by atoms with Gasteiger partial charge in [-0.25, -0.2) is 4.98 Å². The van der Waals surface area contributed by atoms with Crippen molar-refractivity contribution in [1.82, 2.24) is 9.38 Å². The Morgan fingerprint density at radius 1 is 0.969 bits per heavy atom. The number of amides is 1. The van der Waals surface area contributed by atoms with Crippen LogP contribution in [0.5, 0.6) is 11.5 Å². The molecule has 0 radical (unpaired) electrons. The van der Waals surface area contributed by atoms with Gasteiger partial charge in [0.2, 0.25) is 0 Å². The van der Waals surface area contributed by atoms with Crippen LogP contribution in [0, 0.1) is 6.92 Å². The second kappa shape index (κ2) is 9.34. The van der Waals surface area contributed by atoms with E-state index in [-0.39, 0.29) is 18.1 Å². The van der Waals surface area contributed by atoms with E-state index in [0.29, 0.717) is 34.9 Å². The number of nitrogens with zero attached hydrogens (tertiary/aromatic N) is 2. The Balaban J connectivity index is 1.38. The molecule has 2 aromatic heterocycles. The standard InChI is InChI=1S/C25H23N3O4/c1-3-31-21-8-4-18(5-9-21)25(30)27-19-6-10-22(11-7-19)32-16-20-15-24(29)28-13-12-17(2)14-23(28)26-20/h4-15H,3,16H2,1-2H3,(H,27,30). The Bertz CT molecular complexity index is 1300. The van der Waals surface area contributed by atoms with Crippen LogP contribution in [0.2, 0.25) is 0 Å². The molecule has 0 aliphatic rings. The second-order valence-corrected chi connectivity index (χ2v) is 7.24. The number of aryl methyl sites for hydroxylation is 1. The molecule has 1 amide bonds. The highest BCUT2D eigenvalue weighted by molar-refractivity contribution is 6.04. The van der Waals surface area contributed by atoms with Gasteiger partial charge >= 0.3 is 0 Å². The predicted molar refractivity (Wildman–Crippen MR) is 123 cm³/mol. The summed E-state index contributed by atoms with van der Waals surface area (Å²) in [6.07, 6.45) is 1.71. The fourth-order valence-electron chi connectivity index (χ4n) is 3.19. The number of carbonyl (C=O) groups excluding carboxylic acids is 1. The van der Waals surface area contributed by atoms with Gasteiger partial charge in [0.15, 0.2) is 0 Å². The summed E-state index contributed by atoms with van der Waals surface area (Å²) in [5, 5.41) is 2.85. The van der Waals surface area contributed by atoms with Crippen molar-refractivity contribution >= 4 is 17.2 Å². The first kappa shape index (κ1) is 21.1. The largest absolute Gasteiger partial charge is 0.494 e. The molecule has 4 aromatic rings. The minimum atomic E-state index is -0.210. The molecule has 2 aromatic carbocycles. The third-order valence-corrected chi connectivity index (χ3v) is 4.80. The number of carbonyl (C=O) groups is 1. The summed E-state index contributed by atoms with van der Waals surface area (Å²) in [6, 6.07) is 19.2. The van der Waals surface area contributed by atoms with E-state index in [4.69, 9.17) is 9.47 Å². The zero-order valence-electron chi connectivity index (χ0n) is 17.9. The highest BCUT2D eigenvalue weighted by Crippen LogP contribution is 2.18. The number of hydrogen-bond acceptors (Lipinski definition) is 5. The van der Waals surface area contributed by atoms with Gasteiger partial charge in [0.1, 0.15) is 23.8 Å². The highest BCUT2D eigenvalue weighted by Gasteiger charge is 2.07. The van der Waals surface area contributed by atoms with E-state index in [9.17, 15) is 9.59 Å². The Hall–Kier alpha value is -4.13. The van der Waals surface area contributed by atoms with Crippen molar-refractivity contribution in [3.63, 3.8) is 0 Å². The first-order valence-corrected chi connectivity index (χ1v) is 10.3. The number of hydrogen-bond donors (Lipinski definition) is 1. The number of aromatic nitrogens is 2. The second-order valence-electron chi connectivity index (χ2n) is 7.24. The summed E-state index contributed by atoms with van der Waals surface area (Å²) in [7, 11) is 0. The molecule has 0 aliphatic carbocycles.